The number of benzene rings is 1. The molecule has 0 aliphatic carbocycles. The van der Waals surface area contributed by atoms with Crippen LogP contribution in [-0.4, -0.2) is 22.5 Å². The Balaban J connectivity index is 1.44. The fourth-order valence-corrected chi connectivity index (χ4v) is 2.81. The molecule has 1 saturated heterocycles. The molecule has 1 N–H and O–H groups in total. The summed E-state index contributed by atoms with van der Waals surface area (Å²) in [6, 6.07) is 6.51. The van der Waals surface area contributed by atoms with Crippen molar-refractivity contribution in [3.63, 3.8) is 0 Å². The van der Waals surface area contributed by atoms with E-state index in [2.05, 4.69) is 15.3 Å². The molecule has 25 heavy (non-hydrogen) atoms. The minimum absolute atomic E-state index is 0.0156. The molecule has 2 aromatic rings. The van der Waals surface area contributed by atoms with Crippen LogP contribution in [0.3, 0.4) is 0 Å². The Labute approximate surface area is 146 Å². The predicted molar refractivity (Wildman–Crippen MR) is 91.1 cm³/mol. The third kappa shape index (κ3) is 5.06. The van der Waals surface area contributed by atoms with Crippen molar-refractivity contribution in [3.8, 4) is 0 Å². The van der Waals surface area contributed by atoms with Crippen molar-refractivity contribution in [1.29, 1.82) is 0 Å². The standard InChI is InChI=1S/C19H22FN3O2/c20-16-6-2-1-5-15(16)8-9-18(24)21-11-14-12-22-19(23-13-14)17-7-3-4-10-25-17/h1-2,5-6,12-13,17H,3-4,7-11H2,(H,21,24)/t17-/m1/s1. The Morgan fingerprint density at radius 2 is 2.04 bits per heavy atom. The normalized spacial score (nSPS) is 17.2. The number of aryl methyl sites for hydroxylation is 1. The maximum Gasteiger partial charge on any atom is 0.220 e. The smallest absolute Gasteiger partial charge is 0.220 e. The van der Waals surface area contributed by atoms with E-state index in [-0.39, 0.29) is 24.2 Å². The Morgan fingerprint density at radius 1 is 1.24 bits per heavy atom. The van der Waals surface area contributed by atoms with E-state index in [0.717, 1.165) is 31.4 Å². The lowest BCUT2D eigenvalue weighted by Crippen LogP contribution is -2.23. The van der Waals surface area contributed by atoms with Gasteiger partial charge in [-0.1, -0.05) is 18.2 Å². The molecule has 0 radical (unpaired) electrons. The fraction of sp³-hybridized carbons (Fsp3) is 0.421. The molecule has 1 aromatic heterocycles. The highest BCUT2D eigenvalue weighted by Crippen LogP contribution is 2.24. The summed E-state index contributed by atoms with van der Waals surface area (Å²) in [5.41, 5.74) is 1.39. The number of nitrogens with one attached hydrogen (secondary N) is 1. The summed E-state index contributed by atoms with van der Waals surface area (Å²) in [4.78, 5) is 20.6. The lowest BCUT2D eigenvalue weighted by atomic mass is 10.1. The van der Waals surface area contributed by atoms with Crippen molar-refractivity contribution in [3.05, 3.63) is 59.4 Å². The first-order valence-electron chi connectivity index (χ1n) is 8.65. The lowest BCUT2D eigenvalue weighted by molar-refractivity contribution is -0.121. The number of rotatable bonds is 6. The number of ether oxygens (including phenoxy) is 1. The molecule has 0 saturated carbocycles. The molecule has 1 aliphatic rings. The number of halogens is 1. The Hall–Kier alpha value is -2.34. The van der Waals surface area contributed by atoms with E-state index in [9.17, 15) is 9.18 Å². The van der Waals surface area contributed by atoms with E-state index >= 15 is 0 Å². The number of carbonyl (C=O) groups is 1. The van der Waals surface area contributed by atoms with Gasteiger partial charge in [0.05, 0.1) is 0 Å². The molecule has 2 heterocycles. The second kappa shape index (κ2) is 8.67. The van der Waals surface area contributed by atoms with Crippen molar-refractivity contribution in [1.82, 2.24) is 15.3 Å². The van der Waals surface area contributed by atoms with E-state index < -0.39 is 0 Å². The van der Waals surface area contributed by atoms with Crippen LogP contribution in [0.25, 0.3) is 0 Å². The van der Waals surface area contributed by atoms with Crippen LogP contribution in [-0.2, 0) is 22.5 Å². The van der Waals surface area contributed by atoms with Crippen LogP contribution in [0.2, 0.25) is 0 Å². The molecule has 132 valence electrons. The summed E-state index contributed by atoms with van der Waals surface area (Å²) in [6.45, 7) is 1.12. The van der Waals surface area contributed by atoms with Gasteiger partial charge in [-0.3, -0.25) is 4.79 Å². The van der Waals surface area contributed by atoms with Gasteiger partial charge in [-0.2, -0.15) is 0 Å². The highest BCUT2D eigenvalue weighted by molar-refractivity contribution is 5.76. The summed E-state index contributed by atoms with van der Waals surface area (Å²) in [7, 11) is 0. The van der Waals surface area contributed by atoms with Crippen molar-refractivity contribution in [2.75, 3.05) is 6.61 Å². The van der Waals surface area contributed by atoms with E-state index in [1.807, 2.05) is 0 Å². The first-order valence-corrected chi connectivity index (χ1v) is 8.65. The van der Waals surface area contributed by atoms with E-state index in [0.29, 0.717) is 24.4 Å². The van der Waals surface area contributed by atoms with E-state index in [4.69, 9.17) is 4.74 Å². The van der Waals surface area contributed by atoms with Crippen LogP contribution in [0.1, 0.15) is 48.7 Å². The molecular weight excluding hydrogens is 321 g/mol. The SMILES string of the molecule is O=C(CCc1ccccc1F)NCc1cnc([C@H]2CCCCO2)nc1. The van der Waals surface area contributed by atoms with Crippen LogP contribution in [0, 0.1) is 5.82 Å². The Morgan fingerprint density at radius 3 is 2.76 bits per heavy atom. The number of nitrogens with zero attached hydrogens (tertiary/aromatic N) is 2. The van der Waals surface area contributed by atoms with Crippen LogP contribution in [0.5, 0.6) is 0 Å². The molecule has 5 nitrogen and oxygen atoms in total. The second-order valence-corrected chi connectivity index (χ2v) is 6.17. The van der Waals surface area contributed by atoms with E-state index in [1.165, 1.54) is 6.07 Å². The van der Waals surface area contributed by atoms with Crippen LogP contribution in [0.15, 0.2) is 36.7 Å². The topological polar surface area (TPSA) is 64.1 Å². The third-order valence-corrected chi connectivity index (χ3v) is 4.26. The van der Waals surface area contributed by atoms with Crippen molar-refractivity contribution in [2.24, 2.45) is 0 Å². The molecule has 1 fully saturated rings. The van der Waals surface area contributed by atoms with Gasteiger partial charge >= 0.3 is 0 Å². The average Bonchev–Trinajstić information content (AvgIpc) is 2.67. The molecule has 0 spiro atoms. The molecular formula is C19H22FN3O2. The van der Waals surface area contributed by atoms with Crippen LogP contribution >= 0.6 is 0 Å². The number of carbonyl (C=O) groups excluding carboxylic acids is 1. The molecule has 1 aliphatic heterocycles. The highest BCUT2D eigenvalue weighted by Gasteiger charge is 2.18. The average molecular weight is 343 g/mol. The number of amides is 1. The lowest BCUT2D eigenvalue weighted by Gasteiger charge is -2.21. The van der Waals surface area contributed by atoms with Crippen molar-refractivity contribution >= 4 is 5.91 Å². The first kappa shape index (κ1) is 17.5. The Kier molecular flexibility index (Phi) is 6.06. The van der Waals surface area contributed by atoms with Gasteiger partial charge in [0.1, 0.15) is 11.9 Å². The van der Waals surface area contributed by atoms with Crippen molar-refractivity contribution < 1.29 is 13.9 Å². The minimum atomic E-state index is -0.274. The van der Waals surface area contributed by atoms with Gasteiger partial charge in [0.15, 0.2) is 5.82 Å². The molecule has 0 bridgehead atoms. The molecule has 1 aromatic carbocycles. The van der Waals surface area contributed by atoms with Gasteiger partial charge in [-0.15, -0.1) is 0 Å². The van der Waals surface area contributed by atoms with Gasteiger partial charge in [0.25, 0.3) is 0 Å². The van der Waals surface area contributed by atoms with Crippen LogP contribution in [0.4, 0.5) is 4.39 Å². The van der Waals surface area contributed by atoms with Crippen molar-refractivity contribution in [2.45, 2.75) is 44.8 Å². The van der Waals surface area contributed by atoms with E-state index in [1.54, 1.807) is 30.6 Å². The molecule has 1 amide bonds. The minimum Gasteiger partial charge on any atom is -0.370 e. The maximum atomic E-state index is 13.5. The molecule has 6 heteroatoms. The van der Waals surface area contributed by atoms with Gasteiger partial charge in [0.2, 0.25) is 5.91 Å². The first-order chi connectivity index (χ1) is 12.2. The number of hydrogen-bond acceptors (Lipinski definition) is 4. The summed E-state index contributed by atoms with van der Waals surface area (Å²) in [5, 5.41) is 2.82. The fourth-order valence-electron chi connectivity index (χ4n) is 2.81. The largest absolute Gasteiger partial charge is 0.370 e. The molecule has 1 atom stereocenters. The summed E-state index contributed by atoms with van der Waals surface area (Å²) in [5.74, 6) is 0.307. The van der Waals surface area contributed by atoms with Gasteiger partial charge in [0, 0.05) is 37.5 Å². The predicted octanol–water partition coefficient (Wildman–Crippen LogP) is 3.11. The summed E-state index contributed by atoms with van der Waals surface area (Å²) in [6.07, 6.45) is 7.23. The quantitative estimate of drug-likeness (QED) is 0.875. The summed E-state index contributed by atoms with van der Waals surface area (Å²) < 4.78 is 19.2. The zero-order valence-corrected chi connectivity index (χ0v) is 14.1. The Bertz CT molecular complexity index is 700. The molecule has 0 unspecified atom stereocenters. The highest BCUT2D eigenvalue weighted by atomic mass is 19.1. The van der Waals surface area contributed by atoms with Crippen LogP contribution < -0.4 is 5.32 Å². The van der Waals surface area contributed by atoms with Gasteiger partial charge < -0.3 is 10.1 Å². The second-order valence-electron chi connectivity index (χ2n) is 6.17. The number of aromatic nitrogens is 2. The van der Waals surface area contributed by atoms with Gasteiger partial charge in [-0.05, 0) is 37.3 Å². The zero-order valence-electron chi connectivity index (χ0n) is 14.1. The number of hydrogen-bond donors (Lipinski definition) is 1. The zero-order chi connectivity index (χ0) is 17.5. The summed E-state index contributed by atoms with van der Waals surface area (Å²) >= 11 is 0. The third-order valence-electron chi connectivity index (χ3n) is 4.26. The van der Waals surface area contributed by atoms with Gasteiger partial charge in [-0.25, -0.2) is 14.4 Å². The molecule has 3 rings (SSSR count). The monoisotopic (exact) mass is 343 g/mol. The maximum absolute atomic E-state index is 13.5.